The number of fused-ring (bicyclic) bond motifs is 5. The average Bonchev–Trinajstić information content (AvgIpc) is 3.85. The van der Waals surface area contributed by atoms with Crippen LogP contribution >= 0.6 is 0 Å². The van der Waals surface area contributed by atoms with Crippen LogP contribution in [0.1, 0.15) is 0 Å². The van der Waals surface area contributed by atoms with Crippen molar-refractivity contribution in [2.24, 2.45) is 0 Å². The van der Waals surface area contributed by atoms with Gasteiger partial charge in [0.05, 0.1) is 27.5 Å². The van der Waals surface area contributed by atoms with E-state index in [2.05, 4.69) is 103 Å². The lowest BCUT2D eigenvalue weighted by molar-refractivity contribution is 0.766. The number of para-hydroxylation sites is 2. The van der Waals surface area contributed by atoms with Crippen molar-refractivity contribution in [1.82, 2.24) is 33.8 Å². The molecule has 0 amide bonds. The van der Waals surface area contributed by atoms with Gasteiger partial charge in [-0.2, -0.15) is 4.80 Å². The second-order valence-corrected chi connectivity index (χ2v) is 17.1. The van der Waals surface area contributed by atoms with Crippen molar-refractivity contribution in [3.8, 4) is 72.4 Å². The molecule has 69 heavy (non-hydrogen) atoms. The molecule has 9 heteroatoms. The molecule has 324 valence electrons. The summed E-state index contributed by atoms with van der Waals surface area (Å²) >= 11 is 0. The molecule has 9 nitrogen and oxygen atoms in total. The van der Waals surface area contributed by atoms with Crippen LogP contribution in [0.15, 0.2) is 234 Å². The molecule has 5 heterocycles. The fourth-order valence-electron chi connectivity index (χ4n) is 9.64. The Hall–Kier alpha value is -9.60. The van der Waals surface area contributed by atoms with Crippen LogP contribution in [0.3, 0.4) is 0 Å². The second-order valence-electron chi connectivity index (χ2n) is 17.1. The van der Waals surface area contributed by atoms with E-state index in [1.165, 1.54) is 0 Å². The molecule has 0 aliphatic heterocycles. The third-order valence-corrected chi connectivity index (χ3v) is 13.0. The number of nitrogens with zero attached hydrogens (tertiary/aromatic N) is 7. The highest BCUT2D eigenvalue weighted by atomic mass is 16.1. The normalized spacial score (nSPS) is 11.6. The highest BCUT2D eigenvalue weighted by molar-refractivity contribution is 5.95. The third kappa shape index (κ3) is 6.87. The maximum Gasteiger partial charge on any atom is 0.265 e. The molecular weight excluding hydrogens is 851 g/mol. The Morgan fingerprint density at radius 3 is 1.07 bits per heavy atom. The fourth-order valence-corrected chi connectivity index (χ4v) is 9.64. The topological polar surface area (TPSA) is 99.5 Å². The monoisotopic (exact) mass is 887 g/mol. The minimum atomic E-state index is -0.103. The molecule has 0 saturated carbocycles. The van der Waals surface area contributed by atoms with Crippen LogP contribution in [0, 0.1) is 0 Å². The summed E-state index contributed by atoms with van der Waals surface area (Å²) in [5, 5.41) is 10.6. The summed E-state index contributed by atoms with van der Waals surface area (Å²) in [7, 11) is 0. The van der Waals surface area contributed by atoms with E-state index in [4.69, 9.17) is 20.2 Å². The highest BCUT2D eigenvalue weighted by Gasteiger charge is 2.18. The lowest BCUT2D eigenvalue weighted by atomic mass is 9.86. The van der Waals surface area contributed by atoms with Crippen molar-refractivity contribution >= 4 is 44.1 Å². The van der Waals surface area contributed by atoms with Crippen LogP contribution in [0.2, 0.25) is 0 Å². The maximum absolute atomic E-state index is 13.6. The summed E-state index contributed by atoms with van der Waals surface area (Å²) < 4.78 is 3.23. The molecule has 0 atom stereocenters. The van der Waals surface area contributed by atoms with Gasteiger partial charge in [-0.3, -0.25) is 18.4 Å². The van der Waals surface area contributed by atoms with Crippen molar-refractivity contribution in [3.63, 3.8) is 0 Å². The summed E-state index contributed by atoms with van der Waals surface area (Å²) in [6.45, 7) is 0. The SMILES string of the molecule is O=c1c2ccccc2nc2cc(-c3ccccc3-c3cc(-c4ccccc4-c4ccc(-n5nc6ccccc6n5)cc4)cc(-c4ccccc4-c4ccn5c(=O)c6ccccc6nc5c4)c3)ccn12. The van der Waals surface area contributed by atoms with Gasteiger partial charge in [0.2, 0.25) is 0 Å². The van der Waals surface area contributed by atoms with Crippen molar-refractivity contribution in [1.29, 1.82) is 0 Å². The summed E-state index contributed by atoms with van der Waals surface area (Å²) in [5.41, 5.74) is 17.0. The van der Waals surface area contributed by atoms with Crippen LogP contribution in [0.4, 0.5) is 0 Å². The molecule has 0 bridgehead atoms. The van der Waals surface area contributed by atoms with Gasteiger partial charge in [0.1, 0.15) is 22.3 Å². The molecule has 0 fully saturated rings. The Morgan fingerprint density at radius 2 is 0.652 bits per heavy atom. The summed E-state index contributed by atoms with van der Waals surface area (Å²) in [4.78, 5) is 38.7. The predicted molar refractivity (Wildman–Crippen MR) is 277 cm³/mol. The molecular formula is C60H37N7O2. The molecule has 0 unspecified atom stereocenters. The van der Waals surface area contributed by atoms with Gasteiger partial charge in [-0.15, -0.1) is 10.2 Å². The van der Waals surface area contributed by atoms with Crippen molar-refractivity contribution in [2.45, 2.75) is 0 Å². The Bertz CT molecular complexity index is 4090. The summed E-state index contributed by atoms with van der Waals surface area (Å²) in [6.07, 6.45) is 3.64. The zero-order chi connectivity index (χ0) is 46.0. The van der Waals surface area contributed by atoms with Crippen molar-refractivity contribution < 1.29 is 0 Å². The number of rotatable bonds is 7. The van der Waals surface area contributed by atoms with Gasteiger partial charge < -0.3 is 0 Å². The largest absolute Gasteiger partial charge is 0.268 e. The van der Waals surface area contributed by atoms with Gasteiger partial charge in [-0.1, -0.05) is 121 Å². The quantitative estimate of drug-likeness (QED) is 0.148. The summed E-state index contributed by atoms with van der Waals surface area (Å²) in [6, 6.07) is 71.2. The Balaban J connectivity index is 0.988. The van der Waals surface area contributed by atoms with Crippen molar-refractivity contribution in [3.05, 3.63) is 245 Å². The van der Waals surface area contributed by atoms with Crippen LogP contribution in [-0.4, -0.2) is 33.8 Å². The molecule has 0 N–H and O–H groups in total. The molecule has 0 spiro atoms. The minimum absolute atomic E-state index is 0.103. The fraction of sp³-hybridized carbons (Fsp3) is 0. The summed E-state index contributed by atoms with van der Waals surface area (Å²) in [5.74, 6) is 0. The number of aromatic nitrogens is 7. The van der Waals surface area contributed by atoms with E-state index in [1.807, 2.05) is 122 Å². The van der Waals surface area contributed by atoms with Gasteiger partial charge >= 0.3 is 0 Å². The first-order valence-electron chi connectivity index (χ1n) is 22.7. The second kappa shape index (κ2) is 16.1. The molecule has 0 radical (unpaired) electrons. The third-order valence-electron chi connectivity index (χ3n) is 13.0. The van der Waals surface area contributed by atoms with Gasteiger partial charge in [0.15, 0.2) is 0 Å². The van der Waals surface area contributed by atoms with Gasteiger partial charge in [-0.05, 0) is 158 Å². The van der Waals surface area contributed by atoms with E-state index in [1.54, 1.807) is 13.6 Å². The zero-order valence-electron chi connectivity index (χ0n) is 36.8. The lowest BCUT2D eigenvalue weighted by Crippen LogP contribution is -2.14. The van der Waals surface area contributed by atoms with Crippen LogP contribution < -0.4 is 11.1 Å². The standard InChI is InChI=1S/C60H37N7O2/c68-59-51-19-7-9-21-53(51)61-57-36-39(29-31-65(57)59)46-14-2-5-17-49(46)42-33-41(48-16-4-1-13-45(48)38-25-27-44(28-26-38)67-63-55-23-11-12-24-56(55)64-67)34-43(35-42)50-18-6-3-15-47(50)40-30-32-66-58(37-40)62-54-22-10-8-20-52(54)60(66)69/h1-37H. The Morgan fingerprint density at radius 1 is 0.304 bits per heavy atom. The van der Waals surface area contributed by atoms with Crippen molar-refractivity contribution in [2.75, 3.05) is 0 Å². The first-order valence-corrected chi connectivity index (χ1v) is 22.7. The van der Waals surface area contributed by atoms with E-state index in [9.17, 15) is 9.59 Å². The number of benzene rings is 8. The van der Waals surface area contributed by atoms with Crippen LogP contribution in [0.25, 0.3) is 117 Å². The smallest absolute Gasteiger partial charge is 0.265 e. The molecule has 8 aromatic carbocycles. The van der Waals surface area contributed by atoms with E-state index in [0.29, 0.717) is 33.1 Å². The van der Waals surface area contributed by atoms with Crippen LogP contribution in [0.5, 0.6) is 0 Å². The van der Waals surface area contributed by atoms with Gasteiger partial charge in [-0.25, -0.2) is 9.97 Å². The first kappa shape index (κ1) is 39.7. The van der Waals surface area contributed by atoms with Crippen LogP contribution in [-0.2, 0) is 0 Å². The maximum atomic E-state index is 13.6. The lowest BCUT2D eigenvalue weighted by Gasteiger charge is -2.18. The van der Waals surface area contributed by atoms with E-state index >= 15 is 0 Å². The Labute approximate surface area is 394 Å². The zero-order valence-corrected chi connectivity index (χ0v) is 36.8. The van der Waals surface area contributed by atoms with Gasteiger partial charge in [0.25, 0.3) is 11.1 Å². The number of pyridine rings is 2. The molecule has 0 aliphatic rings. The first-order chi connectivity index (χ1) is 34.0. The van der Waals surface area contributed by atoms with E-state index < -0.39 is 0 Å². The highest BCUT2D eigenvalue weighted by Crippen LogP contribution is 2.42. The molecule has 13 aromatic rings. The molecule has 5 aromatic heterocycles. The van der Waals surface area contributed by atoms with E-state index in [0.717, 1.165) is 83.5 Å². The molecule has 0 saturated heterocycles. The predicted octanol–water partition coefficient (Wildman–Crippen LogP) is 12.7. The number of hydrogen-bond acceptors (Lipinski definition) is 6. The Kier molecular flexibility index (Phi) is 9.26. The molecule has 13 rings (SSSR count). The van der Waals surface area contributed by atoms with Gasteiger partial charge in [0, 0.05) is 12.4 Å². The average molecular weight is 888 g/mol. The van der Waals surface area contributed by atoms with E-state index in [-0.39, 0.29) is 11.1 Å². The minimum Gasteiger partial charge on any atom is -0.268 e. The number of hydrogen-bond donors (Lipinski definition) is 0. The molecule has 0 aliphatic carbocycles.